The van der Waals surface area contributed by atoms with Crippen LogP contribution in [-0.4, -0.2) is 14.2 Å². The van der Waals surface area contributed by atoms with Gasteiger partial charge in [-0.3, -0.25) is 4.79 Å². The molecule has 4 nitrogen and oxygen atoms in total. The third-order valence-corrected chi connectivity index (χ3v) is 7.39. The van der Waals surface area contributed by atoms with Crippen molar-refractivity contribution in [2.24, 2.45) is 11.8 Å². The standard InChI is InChI=1S/C24H31NO3S/c1-3-4-9-19-12-8-13-22(26)23(19)24(20-10-6-5-7-11-20)25-29(27,28)21-16-14-18(2)15-17-21/h5-7,10-11,14-17,19,23-25H,3-4,8-9,12-13H2,1-2H3/t19-,23+,24+/m1/s1. The molecule has 0 aromatic heterocycles. The van der Waals surface area contributed by atoms with Crippen molar-refractivity contribution >= 4 is 15.8 Å². The Morgan fingerprint density at radius 3 is 2.41 bits per heavy atom. The maximum Gasteiger partial charge on any atom is 0.241 e. The summed E-state index contributed by atoms with van der Waals surface area (Å²) in [4.78, 5) is 13.2. The van der Waals surface area contributed by atoms with Gasteiger partial charge in [0.15, 0.2) is 0 Å². The van der Waals surface area contributed by atoms with Gasteiger partial charge in [-0.25, -0.2) is 13.1 Å². The number of hydrogen-bond donors (Lipinski definition) is 1. The molecule has 0 radical (unpaired) electrons. The second-order valence-electron chi connectivity index (χ2n) is 8.11. The number of unbranched alkanes of at least 4 members (excludes halogenated alkanes) is 1. The molecule has 0 unspecified atom stereocenters. The molecule has 0 bridgehead atoms. The number of carbonyl (C=O) groups excluding carboxylic acids is 1. The van der Waals surface area contributed by atoms with Crippen molar-refractivity contribution in [2.75, 3.05) is 0 Å². The number of nitrogens with one attached hydrogen (secondary N) is 1. The number of hydrogen-bond acceptors (Lipinski definition) is 3. The highest BCUT2D eigenvalue weighted by Gasteiger charge is 2.40. The average molecular weight is 414 g/mol. The lowest BCUT2D eigenvalue weighted by Crippen LogP contribution is -2.42. The molecule has 5 heteroatoms. The van der Waals surface area contributed by atoms with Gasteiger partial charge < -0.3 is 0 Å². The number of ketones is 1. The molecule has 1 saturated carbocycles. The molecule has 1 fully saturated rings. The molecule has 2 aromatic rings. The molecule has 156 valence electrons. The van der Waals surface area contributed by atoms with Crippen molar-refractivity contribution in [3.63, 3.8) is 0 Å². The molecule has 0 spiro atoms. The summed E-state index contributed by atoms with van der Waals surface area (Å²) >= 11 is 0. The van der Waals surface area contributed by atoms with E-state index in [1.165, 1.54) is 0 Å². The maximum atomic E-state index is 13.2. The summed E-state index contributed by atoms with van der Waals surface area (Å²) in [6.07, 6.45) is 5.50. The minimum Gasteiger partial charge on any atom is -0.299 e. The number of rotatable bonds is 8. The van der Waals surface area contributed by atoms with Crippen LogP contribution in [-0.2, 0) is 14.8 Å². The normalized spacial score (nSPS) is 21.1. The van der Waals surface area contributed by atoms with E-state index >= 15 is 0 Å². The van der Waals surface area contributed by atoms with Gasteiger partial charge in [-0.2, -0.15) is 0 Å². The fourth-order valence-electron chi connectivity index (χ4n) is 4.36. The molecule has 3 rings (SSSR count). The molecule has 0 saturated heterocycles. The smallest absolute Gasteiger partial charge is 0.241 e. The summed E-state index contributed by atoms with van der Waals surface area (Å²) in [5.41, 5.74) is 1.86. The molecule has 29 heavy (non-hydrogen) atoms. The van der Waals surface area contributed by atoms with E-state index < -0.39 is 16.1 Å². The Balaban J connectivity index is 1.98. The zero-order valence-electron chi connectivity index (χ0n) is 17.3. The summed E-state index contributed by atoms with van der Waals surface area (Å²) in [5.74, 6) is 0.0675. The molecule has 0 aliphatic heterocycles. The third-order valence-electron chi connectivity index (χ3n) is 5.94. The van der Waals surface area contributed by atoms with E-state index in [4.69, 9.17) is 0 Å². The van der Waals surface area contributed by atoms with Gasteiger partial charge in [0.1, 0.15) is 5.78 Å². The van der Waals surface area contributed by atoms with E-state index in [0.29, 0.717) is 6.42 Å². The fraction of sp³-hybridized carbons (Fsp3) is 0.458. The van der Waals surface area contributed by atoms with Crippen LogP contribution in [0.5, 0.6) is 0 Å². The van der Waals surface area contributed by atoms with Crippen LogP contribution in [0.1, 0.15) is 62.6 Å². The highest BCUT2D eigenvalue weighted by atomic mass is 32.2. The quantitative estimate of drug-likeness (QED) is 0.648. The topological polar surface area (TPSA) is 63.2 Å². The van der Waals surface area contributed by atoms with Crippen molar-refractivity contribution in [3.05, 3.63) is 65.7 Å². The molecule has 0 heterocycles. The summed E-state index contributed by atoms with van der Waals surface area (Å²) in [5, 5.41) is 0. The molecule has 0 amide bonds. The van der Waals surface area contributed by atoms with Crippen molar-refractivity contribution < 1.29 is 13.2 Å². The van der Waals surface area contributed by atoms with Gasteiger partial charge in [-0.15, -0.1) is 0 Å². The zero-order chi connectivity index (χ0) is 20.9. The first-order valence-corrected chi connectivity index (χ1v) is 12.1. The molecule has 1 aliphatic rings. The van der Waals surface area contributed by atoms with Crippen molar-refractivity contribution in [1.29, 1.82) is 0 Å². The largest absolute Gasteiger partial charge is 0.299 e. The van der Waals surface area contributed by atoms with Crippen LogP contribution in [0.4, 0.5) is 0 Å². The van der Waals surface area contributed by atoms with Gasteiger partial charge in [-0.1, -0.05) is 67.8 Å². The molecule has 1 aliphatic carbocycles. The number of Topliss-reactive ketones (excluding diaryl/α,β-unsaturated/α-hetero) is 1. The maximum absolute atomic E-state index is 13.2. The summed E-state index contributed by atoms with van der Waals surface area (Å²) in [6.45, 7) is 4.07. The summed E-state index contributed by atoms with van der Waals surface area (Å²) in [6, 6.07) is 15.8. The first kappa shape index (κ1) is 21.7. The average Bonchev–Trinajstić information content (AvgIpc) is 2.72. The van der Waals surface area contributed by atoms with Gasteiger partial charge in [-0.05, 0) is 49.8 Å². The Kier molecular flexibility index (Phi) is 7.25. The summed E-state index contributed by atoms with van der Waals surface area (Å²) < 4.78 is 29.3. The molecule has 3 atom stereocenters. The third kappa shape index (κ3) is 5.34. The lowest BCUT2D eigenvalue weighted by molar-refractivity contribution is -0.128. The van der Waals surface area contributed by atoms with E-state index in [2.05, 4.69) is 11.6 Å². The summed E-state index contributed by atoms with van der Waals surface area (Å²) in [7, 11) is -3.74. The molecule has 2 aromatic carbocycles. The van der Waals surface area contributed by atoms with Gasteiger partial charge in [0.05, 0.1) is 10.9 Å². The van der Waals surface area contributed by atoms with Crippen LogP contribution < -0.4 is 4.72 Å². The van der Waals surface area contributed by atoms with E-state index in [0.717, 1.165) is 43.2 Å². The first-order chi connectivity index (χ1) is 13.9. The first-order valence-electron chi connectivity index (χ1n) is 10.6. The van der Waals surface area contributed by atoms with Crippen molar-refractivity contribution in [1.82, 2.24) is 4.72 Å². The lowest BCUT2D eigenvalue weighted by Gasteiger charge is -2.36. The number of aryl methyl sites for hydroxylation is 1. The minimum absolute atomic E-state index is 0.179. The van der Waals surface area contributed by atoms with Crippen LogP contribution in [0.15, 0.2) is 59.5 Å². The Morgan fingerprint density at radius 2 is 1.76 bits per heavy atom. The van der Waals surface area contributed by atoms with Crippen LogP contribution in [0.25, 0.3) is 0 Å². The molecular formula is C24H31NO3S. The minimum atomic E-state index is -3.74. The zero-order valence-corrected chi connectivity index (χ0v) is 18.1. The fourth-order valence-corrected chi connectivity index (χ4v) is 5.61. The second kappa shape index (κ2) is 9.68. The predicted octanol–water partition coefficient (Wildman–Crippen LogP) is 5.19. The van der Waals surface area contributed by atoms with Crippen LogP contribution in [0.3, 0.4) is 0 Å². The van der Waals surface area contributed by atoms with E-state index in [1.807, 2.05) is 37.3 Å². The number of sulfonamides is 1. The highest BCUT2D eigenvalue weighted by Crippen LogP contribution is 2.40. The SMILES string of the molecule is CCCC[C@@H]1CCCC(=O)[C@H]1[C@@H](NS(=O)(=O)c1ccc(C)cc1)c1ccccc1. The van der Waals surface area contributed by atoms with Crippen LogP contribution >= 0.6 is 0 Å². The molecular weight excluding hydrogens is 382 g/mol. The van der Waals surface area contributed by atoms with Gasteiger partial charge in [0.2, 0.25) is 10.0 Å². The number of benzene rings is 2. The Morgan fingerprint density at radius 1 is 1.07 bits per heavy atom. The van der Waals surface area contributed by atoms with Crippen LogP contribution in [0.2, 0.25) is 0 Å². The van der Waals surface area contributed by atoms with E-state index in [-0.39, 0.29) is 22.5 Å². The predicted molar refractivity (Wildman–Crippen MR) is 116 cm³/mol. The van der Waals surface area contributed by atoms with Crippen molar-refractivity contribution in [2.45, 2.75) is 63.3 Å². The second-order valence-corrected chi connectivity index (χ2v) is 9.82. The lowest BCUT2D eigenvalue weighted by atomic mass is 9.71. The Labute approximate surface area is 174 Å². The van der Waals surface area contributed by atoms with E-state index in [9.17, 15) is 13.2 Å². The van der Waals surface area contributed by atoms with Crippen LogP contribution in [0, 0.1) is 18.8 Å². The van der Waals surface area contributed by atoms with Gasteiger partial charge in [0.25, 0.3) is 0 Å². The number of carbonyl (C=O) groups is 1. The highest BCUT2D eigenvalue weighted by molar-refractivity contribution is 7.89. The molecule has 1 N–H and O–H groups in total. The Hall–Kier alpha value is -1.98. The van der Waals surface area contributed by atoms with Gasteiger partial charge in [0, 0.05) is 12.3 Å². The monoisotopic (exact) mass is 413 g/mol. The Bertz CT molecular complexity index is 907. The van der Waals surface area contributed by atoms with E-state index in [1.54, 1.807) is 24.3 Å². The van der Waals surface area contributed by atoms with Crippen molar-refractivity contribution in [3.8, 4) is 0 Å². The van der Waals surface area contributed by atoms with Gasteiger partial charge >= 0.3 is 0 Å².